The van der Waals surface area contributed by atoms with Crippen LogP contribution in [0.15, 0.2) is 28.2 Å². The lowest BCUT2D eigenvalue weighted by Gasteiger charge is -2.15. The van der Waals surface area contributed by atoms with E-state index in [1.807, 2.05) is 13.8 Å². The fraction of sp³-hybridized carbons (Fsp3) is 0.471. The van der Waals surface area contributed by atoms with E-state index in [4.69, 9.17) is 16.3 Å². The highest BCUT2D eigenvalue weighted by Crippen LogP contribution is 2.21. The summed E-state index contributed by atoms with van der Waals surface area (Å²) in [4.78, 5) is 29.3. The van der Waals surface area contributed by atoms with Crippen molar-refractivity contribution in [2.75, 3.05) is 26.0 Å². The summed E-state index contributed by atoms with van der Waals surface area (Å²) < 4.78 is 6.53. The summed E-state index contributed by atoms with van der Waals surface area (Å²) in [6, 6.07) is 5.04. The topological polar surface area (TPSA) is 73.2 Å². The molecule has 0 unspecified atom stereocenters. The SMILES string of the molecule is COCCNC(=O)CSc1nc2cc(Cl)ccc2c(=O)n1CC(C)C. The molecule has 0 fully saturated rings. The van der Waals surface area contributed by atoms with E-state index in [0.29, 0.717) is 40.8 Å². The first kappa shape index (κ1) is 19.8. The fourth-order valence-corrected chi connectivity index (χ4v) is 3.29. The van der Waals surface area contributed by atoms with Gasteiger partial charge < -0.3 is 10.1 Å². The third-order valence-corrected chi connectivity index (χ3v) is 4.60. The number of hydrogen-bond acceptors (Lipinski definition) is 5. The van der Waals surface area contributed by atoms with Crippen LogP contribution in [0.2, 0.25) is 5.02 Å². The number of rotatable bonds is 8. The molecule has 2 aromatic rings. The first-order valence-corrected chi connectivity index (χ1v) is 9.37. The predicted octanol–water partition coefficient (Wildman–Crippen LogP) is 2.56. The summed E-state index contributed by atoms with van der Waals surface area (Å²) in [6.45, 7) is 5.52. The number of nitrogens with one attached hydrogen (secondary N) is 1. The zero-order chi connectivity index (χ0) is 18.4. The monoisotopic (exact) mass is 383 g/mol. The van der Waals surface area contributed by atoms with Gasteiger partial charge in [-0.05, 0) is 24.1 Å². The van der Waals surface area contributed by atoms with Gasteiger partial charge in [0, 0.05) is 25.2 Å². The van der Waals surface area contributed by atoms with Crippen LogP contribution in [0.5, 0.6) is 0 Å². The van der Waals surface area contributed by atoms with Crippen LogP contribution >= 0.6 is 23.4 Å². The number of carbonyl (C=O) groups excluding carboxylic acids is 1. The van der Waals surface area contributed by atoms with Gasteiger partial charge in [-0.2, -0.15) is 0 Å². The highest BCUT2D eigenvalue weighted by molar-refractivity contribution is 7.99. The van der Waals surface area contributed by atoms with E-state index in [1.54, 1.807) is 29.9 Å². The minimum Gasteiger partial charge on any atom is -0.383 e. The lowest BCUT2D eigenvalue weighted by molar-refractivity contribution is -0.118. The number of ether oxygens (including phenoxy) is 1. The second-order valence-electron chi connectivity index (χ2n) is 6.00. The Kier molecular flexibility index (Phi) is 7.28. The molecule has 6 nitrogen and oxygen atoms in total. The van der Waals surface area contributed by atoms with Crippen molar-refractivity contribution in [3.05, 3.63) is 33.6 Å². The fourth-order valence-electron chi connectivity index (χ4n) is 2.28. The molecule has 25 heavy (non-hydrogen) atoms. The molecular formula is C17H22ClN3O3S. The maximum absolute atomic E-state index is 12.8. The van der Waals surface area contributed by atoms with E-state index in [2.05, 4.69) is 10.3 Å². The molecule has 0 aliphatic heterocycles. The summed E-state index contributed by atoms with van der Waals surface area (Å²) in [5.74, 6) is 0.332. The second kappa shape index (κ2) is 9.22. The third kappa shape index (κ3) is 5.45. The molecule has 1 aromatic heterocycles. The van der Waals surface area contributed by atoms with Gasteiger partial charge in [0.25, 0.3) is 5.56 Å². The quantitative estimate of drug-likeness (QED) is 0.431. The normalized spacial score (nSPS) is 11.2. The molecule has 0 bridgehead atoms. The highest BCUT2D eigenvalue weighted by atomic mass is 35.5. The van der Waals surface area contributed by atoms with Gasteiger partial charge in [-0.25, -0.2) is 4.98 Å². The van der Waals surface area contributed by atoms with Gasteiger partial charge in [0.2, 0.25) is 5.91 Å². The van der Waals surface area contributed by atoms with Crippen LogP contribution < -0.4 is 10.9 Å². The van der Waals surface area contributed by atoms with Crippen molar-refractivity contribution < 1.29 is 9.53 Å². The zero-order valence-electron chi connectivity index (χ0n) is 14.5. The van der Waals surface area contributed by atoms with Crippen LogP contribution in [0.1, 0.15) is 13.8 Å². The van der Waals surface area contributed by atoms with E-state index >= 15 is 0 Å². The van der Waals surface area contributed by atoms with Crippen molar-refractivity contribution in [2.24, 2.45) is 5.92 Å². The van der Waals surface area contributed by atoms with E-state index in [0.717, 1.165) is 0 Å². The van der Waals surface area contributed by atoms with E-state index < -0.39 is 0 Å². The van der Waals surface area contributed by atoms with Crippen molar-refractivity contribution in [3.8, 4) is 0 Å². The maximum atomic E-state index is 12.8. The minimum atomic E-state index is -0.126. The Morgan fingerprint density at radius 2 is 2.20 bits per heavy atom. The van der Waals surface area contributed by atoms with Crippen molar-refractivity contribution in [3.63, 3.8) is 0 Å². The van der Waals surface area contributed by atoms with Gasteiger partial charge in [-0.3, -0.25) is 14.2 Å². The molecule has 0 aliphatic rings. The number of hydrogen-bond donors (Lipinski definition) is 1. The molecule has 0 spiro atoms. The third-order valence-electron chi connectivity index (χ3n) is 3.39. The molecule has 0 atom stereocenters. The van der Waals surface area contributed by atoms with Crippen LogP contribution in [0, 0.1) is 5.92 Å². The Morgan fingerprint density at radius 1 is 1.44 bits per heavy atom. The molecule has 1 amide bonds. The molecular weight excluding hydrogens is 362 g/mol. The van der Waals surface area contributed by atoms with Crippen LogP contribution in [0.3, 0.4) is 0 Å². The summed E-state index contributed by atoms with van der Waals surface area (Å²) in [5.41, 5.74) is 0.428. The number of halogens is 1. The largest absolute Gasteiger partial charge is 0.383 e. The number of aromatic nitrogens is 2. The van der Waals surface area contributed by atoms with Crippen LogP contribution in [0.4, 0.5) is 0 Å². The number of carbonyl (C=O) groups is 1. The Morgan fingerprint density at radius 3 is 2.88 bits per heavy atom. The van der Waals surface area contributed by atoms with Crippen LogP contribution in [0.25, 0.3) is 10.9 Å². The highest BCUT2D eigenvalue weighted by Gasteiger charge is 2.14. The number of fused-ring (bicyclic) bond motifs is 1. The molecule has 1 aromatic carbocycles. The number of nitrogens with zero attached hydrogens (tertiary/aromatic N) is 2. The van der Waals surface area contributed by atoms with Crippen molar-refractivity contribution in [1.29, 1.82) is 0 Å². The molecule has 1 heterocycles. The maximum Gasteiger partial charge on any atom is 0.262 e. The summed E-state index contributed by atoms with van der Waals surface area (Å²) in [5, 5.41) is 4.33. The van der Waals surface area contributed by atoms with Crippen LogP contribution in [-0.4, -0.2) is 41.5 Å². The summed E-state index contributed by atoms with van der Waals surface area (Å²) in [6.07, 6.45) is 0. The van der Waals surface area contributed by atoms with Gasteiger partial charge in [0.05, 0.1) is 23.3 Å². The summed E-state index contributed by atoms with van der Waals surface area (Å²) in [7, 11) is 1.58. The predicted molar refractivity (Wildman–Crippen MR) is 101 cm³/mol. The van der Waals surface area contributed by atoms with Crippen LogP contribution in [-0.2, 0) is 16.1 Å². The number of amides is 1. The van der Waals surface area contributed by atoms with Crippen molar-refractivity contribution >= 4 is 40.2 Å². The second-order valence-corrected chi connectivity index (χ2v) is 7.38. The first-order chi connectivity index (χ1) is 11.9. The molecule has 0 radical (unpaired) electrons. The molecule has 136 valence electrons. The van der Waals surface area contributed by atoms with Gasteiger partial charge in [-0.15, -0.1) is 0 Å². The number of thioether (sulfide) groups is 1. The first-order valence-electron chi connectivity index (χ1n) is 8.01. The number of methoxy groups -OCH3 is 1. The average Bonchev–Trinajstić information content (AvgIpc) is 2.55. The Balaban J connectivity index is 2.29. The lowest BCUT2D eigenvalue weighted by Crippen LogP contribution is -2.29. The average molecular weight is 384 g/mol. The molecule has 0 saturated carbocycles. The van der Waals surface area contributed by atoms with Crippen molar-refractivity contribution in [2.45, 2.75) is 25.5 Å². The van der Waals surface area contributed by atoms with Gasteiger partial charge in [0.1, 0.15) is 0 Å². The Hall–Kier alpha value is -1.57. The number of benzene rings is 1. The van der Waals surface area contributed by atoms with Crippen molar-refractivity contribution in [1.82, 2.24) is 14.9 Å². The molecule has 0 aliphatic carbocycles. The Labute approximate surface area is 155 Å². The summed E-state index contributed by atoms with van der Waals surface area (Å²) >= 11 is 7.26. The smallest absolute Gasteiger partial charge is 0.262 e. The molecule has 1 N–H and O–H groups in total. The Bertz CT molecular complexity index is 808. The van der Waals surface area contributed by atoms with Gasteiger partial charge in [0.15, 0.2) is 5.16 Å². The van der Waals surface area contributed by atoms with Gasteiger partial charge in [-0.1, -0.05) is 37.2 Å². The minimum absolute atomic E-state index is 0.113. The molecule has 2 rings (SSSR count). The van der Waals surface area contributed by atoms with E-state index in [-0.39, 0.29) is 23.1 Å². The zero-order valence-corrected chi connectivity index (χ0v) is 16.1. The van der Waals surface area contributed by atoms with E-state index in [1.165, 1.54) is 11.8 Å². The molecule has 0 saturated heterocycles. The van der Waals surface area contributed by atoms with Gasteiger partial charge >= 0.3 is 0 Å². The molecule has 8 heteroatoms. The van der Waals surface area contributed by atoms with E-state index in [9.17, 15) is 9.59 Å². The lowest BCUT2D eigenvalue weighted by atomic mass is 10.2. The standard InChI is InChI=1S/C17H22ClN3O3S/c1-11(2)9-21-16(23)13-5-4-12(18)8-14(13)20-17(21)25-10-15(22)19-6-7-24-3/h4-5,8,11H,6-7,9-10H2,1-3H3,(H,19,22).